The Hall–Kier alpha value is -2.24. The minimum Gasteiger partial charge on any atom is -0.497 e. The fourth-order valence-corrected chi connectivity index (χ4v) is 2.76. The molecular weight excluding hydrogens is 513 g/mol. The van der Waals surface area contributed by atoms with Crippen molar-refractivity contribution in [3.8, 4) is 5.75 Å². The Morgan fingerprint density at radius 2 is 1.94 bits per heavy atom. The highest BCUT2D eigenvalue weighted by atomic mass is 127. The number of nitrogens with one attached hydrogen (secondary N) is 3. The Morgan fingerprint density at radius 1 is 1.23 bits per heavy atom. The van der Waals surface area contributed by atoms with Crippen molar-refractivity contribution >= 4 is 41.9 Å². The fourth-order valence-electron chi connectivity index (χ4n) is 2.76. The molecule has 2 rings (SSSR count). The maximum absolute atomic E-state index is 12.2. The van der Waals surface area contributed by atoms with Crippen LogP contribution in [-0.4, -0.2) is 74.3 Å². The molecule has 1 aromatic rings. The molecule has 0 saturated carbocycles. The Bertz CT molecular complexity index is 760. The first-order valence-corrected chi connectivity index (χ1v) is 10.2. The number of hydrogen-bond acceptors (Lipinski definition) is 5. The van der Waals surface area contributed by atoms with E-state index in [4.69, 9.17) is 9.47 Å². The molecular formula is C21H34IN5O4. The summed E-state index contributed by atoms with van der Waals surface area (Å²) < 4.78 is 10.5. The van der Waals surface area contributed by atoms with Crippen molar-refractivity contribution in [3.63, 3.8) is 0 Å². The van der Waals surface area contributed by atoms with Gasteiger partial charge in [0.15, 0.2) is 5.96 Å². The Morgan fingerprint density at radius 3 is 2.55 bits per heavy atom. The topological polar surface area (TPSA) is 104 Å². The number of amides is 2. The molecule has 0 radical (unpaired) electrons. The number of guanidine groups is 1. The number of benzene rings is 1. The van der Waals surface area contributed by atoms with Crippen molar-refractivity contribution in [3.05, 3.63) is 29.8 Å². The van der Waals surface area contributed by atoms with Gasteiger partial charge in [-0.3, -0.25) is 9.79 Å². The van der Waals surface area contributed by atoms with E-state index in [1.165, 1.54) is 0 Å². The summed E-state index contributed by atoms with van der Waals surface area (Å²) in [5.41, 5.74) is 0.0430. The van der Waals surface area contributed by atoms with E-state index in [9.17, 15) is 9.59 Å². The van der Waals surface area contributed by atoms with Crippen LogP contribution in [0.25, 0.3) is 0 Å². The molecule has 0 aromatic heterocycles. The summed E-state index contributed by atoms with van der Waals surface area (Å²) in [7, 11) is 1.57. The predicted octanol–water partition coefficient (Wildman–Crippen LogP) is 2.22. The van der Waals surface area contributed by atoms with Crippen LogP contribution in [-0.2, 0) is 4.74 Å². The molecule has 2 amide bonds. The summed E-state index contributed by atoms with van der Waals surface area (Å²) in [5.74, 6) is 1.12. The second-order valence-electron chi connectivity index (χ2n) is 7.98. The molecule has 0 unspecified atom stereocenters. The van der Waals surface area contributed by atoms with Gasteiger partial charge in [0.2, 0.25) is 0 Å². The molecule has 0 bridgehead atoms. The quantitative estimate of drug-likeness (QED) is 0.209. The molecule has 1 aromatic carbocycles. The highest BCUT2D eigenvalue weighted by Gasteiger charge is 2.34. The van der Waals surface area contributed by atoms with Gasteiger partial charge in [-0.05, 0) is 45.9 Å². The van der Waals surface area contributed by atoms with Crippen molar-refractivity contribution in [2.75, 3.05) is 39.8 Å². The smallest absolute Gasteiger partial charge is 0.410 e. The zero-order valence-corrected chi connectivity index (χ0v) is 21.2. The van der Waals surface area contributed by atoms with E-state index in [0.29, 0.717) is 50.0 Å². The van der Waals surface area contributed by atoms with Gasteiger partial charge in [0.1, 0.15) is 11.4 Å². The molecule has 1 saturated heterocycles. The number of carbonyl (C=O) groups is 2. The van der Waals surface area contributed by atoms with Crippen LogP contribution < -0.4 is 20.7 Å². The lowest BCUT2D eigenvalue weighted by molar-refractivity contribution is 0.00700. The summed E-state index contributed by atoms with van der Waals surface area (Å²) in [6.07, 6.45) is -0.303. The Balaban J connectivity index is 0.00000480. The van der Waals surface area contributed by atoms with Crippen molar-refractivity contribution in [2.24, 2.45) is 4.99 Å². The number of aliphatic imine (C=N–C) groups is 1. The number of methoxy groups -OCH3 is 1. The number of nitrogens with zero attached hydrogens (tertiary/aromatic N) is 2. The lowest BCUT2D eigenvalue weighted by Gasteiger charge is -2.40. The van der Waals surface area contributed by atoms with Gasteiger partial charge in [0.05, 0.1) is 19.7 Å². The monoisotopic (exact) mass is 547 g/mol. The maximum atomic E-state index is 12.2. The molecule has 9 nitrogen and oxygen atoms in total. The van der Waals surface area contributed by atoms with Crippen LogP contribution in [0.15, 0.2) is 29.3 Å². The van der Waals surface area contributed by atoms with Crippen LogP contribution >= 0.6 is 24.0 Å². The van der Waals surface area contributed by atoms with Crippen LogP contribution in [0.1, 0.15) is 38.1 Å². The molecule has 0 atom stereocenters. The first kappa shape index (κ1) is 26.8. The Labute approximate surface area is 201 Å². The molecule has 3 N–H and O–H groups in total. The van der Waals surface area contributed by atoms with Crippen LogP contribution in [0.4, 0.5) is 4.79 Å². The lowest BCUT2D eigenvalue weighted by atomic mass is 10.1. The van der Waals surface area contributed by atoms with Gasteiger partial charge in [0.25, 0.3) is 5.91 Å². The summed E-state index contributed by atoms with van der Waals surface area (Å²) >= 11 is 0. The minimum absolute atomic E-state index is 0. The number of ether oxygens (including phenoxy) is 2. The summed E-state index contributed by atoms with van der Waals surface area (Å²) in [5, 5.41) is 9.32. The van der Waals surface area contributed by atoms with Gasteiger partial charge >= 0.3 is 6.09 Å². The third-order valence-corrected chi connectivity index (χ3v) is 4.22. The molecule has 0 spiro atoms. The van der Waals surface area contributed by atoms with Crippen LogP contribution in [0.3, 0.4) is 0 Å². The molecule has 1 fully saturated rings. The first-order chi connectivity index (χ1) is 14.2. The van der Waals surface area contributed by atoms with E-state index >= 15 is 0 Å². The number of carbonyl (C=O) groups excluding carboxylic acids is 2. The average Bonchev–Trinajstić information content (AvgIpc) is 2.65. The standard InChI is InChI=1S/C21H33N5O4.HI/c1-6-22-19(25-16-13-26(14-16)20(28)30-21(2,3)4)24-11-10-23-18(27)15-8-7-9-17(12-15)29-5;/h7-9,12,16H,6,10-11,13-14H2,1-5H3,(H,23,27)(H2,22,24,25);1H. The normalized spacial score (nSPS) is 14.1. The zero-order valence-electron chi connectivity index (χ0n) is 18.9. The van der Waals surface area contributed by atoms with Gasteiger partial charge in [-0.15, -0.1) is 24.0 Å². The zero-order chi connectivity index (χ0) is 22.1. The fraction of sp³-hybridized carbons (Fsp3) is 0.571. The lowest BCUT2D eigenvalue weighted by Crippen LogP contribution is -2.63. The number of halogens is 1. The molecule has 1 heterocycles. The third-order valence-electron chi connectivity index (χ3n) is 4.22. The highest BCUT2D eigenvalue weighted by molar-refractivity contribution is 14.0. The van der Waals surface area contributed by atoms with Crippen LogP contribution in [0.2, 0.25) is 0 Å². The van der Waals surface area contributed by atoms with Gasteiger partial charge in [0, 0.05) is 31.7 Å². The number of rotatable bonds is 7. The van der Waals surface area contributed by atoms with E-state index < -0.39 is 5.60 Å². The van der Waals surface area contributed by atoms with Crippen LogP contribution in [0, 0.1) is 0 Å². The van der Waals surface area contributed by atoms with Gasteiger partial charge < -0.3 is 30.3 Å². The predicted molar refractivity (Wildman–Crippen MR) is 131 cm³/mol. The maximum Gasteiger partial charge on any atom is 0.410 e. The summed E-state index contributed by atoms with van der Waals surface area (Å²) in [6.45, 7) is 10.2. The van der Waals surface area contributed by atoms with Gasteiger partial charge in [-0.1, -0.05) is 6.07 Å². The van der Waals surface area contributed by atoms with Crippen molar-refractivity contribution in [1.82, 2.24) is 20.9 Å². The second-order valence-corrected chi connectivity index (χ2v) is 7.98. The SMILES string of the molecule is CCNC(=NCCNC(=O)c1cccc(OC)c1)NC1CN(C(=O)OC(C)(C)C)C1.I. The van der Waals surface area contributed by atoms with Gasteiger partial charge in [-0.2, -0.15) is 0 Å². The molecule has 10 heteroatoms. The Kier molecular flexibility index (Phi) is 10.9. The summed E-state index contributed by atoms with van der Waals surface area (Å²) in [6, 6.07) is 7.11. The number of likely N-dealkylation sites (tertiary alicyclic amines) is 1. The van der Waals surface area contributed by atoms with Crippen molar-refractivity contribution in [2.45, 2.75) is 39.3 Å². The van der Waals surface area contributed by atoms with Crippen molar-refractivity contribution < 1.29 is 19.1 Å². The molecule has 0 aliphatic carbocycles. The highest BCUT2D eigenvalue weighted by Crippen LogP contribution is 2.15. The average molecular weight is 547 g/mol. The minimum atomic E-state index is -0.499. The molecule has 174 valence electrons. The van der Waals surface area contributed by atoms with Gasteiger partial charge in [-0.25, -0.2) is 4.79 Å². The largest absolute Gasteiger partial charge is 0.497 e. The van der Waals surface area contributed by atoms with E-state index in [1.807, 2.05) is 27.7 Å². The third kappa shape index (κ3) is 9.19. The van der Waals surface area contributed by atoms with Crippen LogP contribution in [0.5, 0.6) is 5.75 Å². The second kappa shape index (κ2) is 12.6. The number of hydrogen-bond donors (Lipinski definition) is 3. The molecule has 1 aliphatic rings. The van der Waals surface area contributed by atoms with E-state index in [-0.39, 0.29) is 42.0 Å². The van der Waals surface area contributed by atoms with E-state index in [1.54, 1.807) is 36.3 Å². The van der Waals surface area contributed by atoms with E-state index in [0.717, 1.165) is 0 Å². The molecule has 1 aliphatic heterocycles. The molecule has 31 heavy (non-hydrogen) atoms. The van der Waals surface area contributed by atoms with E-state index in [2.05, 4.69) is 20.9 Å². The van der Waals surface area contributed by atoms with Crippen molar-refractivity contribution in [1.29, 1.82) is 0 Å². The summed E-state index contributed by atoms with van der Waals surface area (Å²) in [4.78, 5) is 30.4. The first-order valence-electron chi connectivity index (χ1n) is 10.2.